The molecule has 0 saturated heterocycles. The second-order valence-electron chi connectivity index (χ2n) is 4.51. The third-order valence-corrected chi connectivity index (χ3v) is 2.51. The Morgan fingerprint density at radius 2 is 2.11 bits per heavy atom. The number of ether oxygens (including phenoxy) is 1. The lowest BCUT2D eigenvalue weighted by molar-refractivity contribution is 0.329. The van der Waals surface area contributed by atoms with Crippen molar-refractivity contribution in [1.29, 1.82) is 0 Å². The number of aromatic nitrogens is 1. The Bertz CT molecular complexity index is 506. The van der Waals surface area contributed by atoms with Gasteiger partial charge in [0, 0.05) is 12.6 Å². The van der Waals surface area contributed by atoms with Crippen LogP contribution in [0.3, 0.4) is 0 Å². The van der Waals surface area contributed by atoms with Crippen LogP contribution >= 0.6 is 0 Å². The Kier molecular flexibility index (Phi) is 3.99. The maximum absolute atomic E-state index is 5.59. The highest BCUT2D eigenvalue weighted by molar-refractivity contribution is 5.33. The largest absolute Gasteiger partial charge is 0.417 e. The fourth-order valence-electron chi connectivity index (χ4n) is 1.49. The van der Waals surface area contributed by atoms with Crippen LogP contribution in [0.25, 0.3) is 0 Å². The number of para-hydroxylation sites is 1. The molecule has 0 aliphatic heterocycles. The molecule has 0 radical (unpaired) electrons. The first-order valence-corrected chi connectivity index (χ1v) is 6.06. The molecule has 4 heteroatoms. The molecule has 1 aromatic carbocycles. The molecule has 0 aliphatic carbocycles. The summed E-state index contributed by atoms with van der Waals surface area (Å²) in [6, 6.07) is 8.19. The molecular formula is C14H18N2O2. The predicted molar refractivity (Wildman–Crippen MR) is 69.7 cm³/mol. The van der Waals surface area contributed by atoms with Gasteiger partial charge in [-0.2, -0.15) is 4.98 Å². The Morgan fingerprint density at radius 3 is 2.83 bits per heavy atom. The van der Waals surface area contributed by atoms with E-state index in [0.29, 0.717) is 12.6 Å². The fourth-order valence-corrected chi connectivity index (χ4v) is 1.49. The van der Waals surface area contributed by atoms with Crippen molar-refractivity contribution in [3.8, 4) is 11.8 Å². The highest BCUT2D eigenvalue weighted by Gasteiger charge is 2.07. The van der Waals surface area contributed by atoms with E-state index in [1.54, 1.807) is 6.26 Å². The monoisotopic (exact) mass is 246 g/mol. The van der Waals surface area contributed by atoms with Gasteiger partial charge in [-0.25, -0.2) is 0 Å². The first-order valence-electron chi connectivity index (χ1n) is 6.06. The number of rotatable bonds is 5. The number of hydrogen-bond donors (Lipinski definition) is 1. The maximum atomic E-state index is 5.59. The van der Waals surface area contributed by atoms with Crippen molar-refractivity contribution in [2.45, 2.75) is 33.4 Å². The smallest absolute Gasteiger partial charge is 0.399 e. The zero-order chi connectivity index (χ0) is 13.0. The highest BCUT2D eigenvalue weighted by Crippen LogP contribution is 2.23. The topological polar surface area (TPSA) is 47.3 Å². The molecule has 2 aromatic rings. The van der Waals surface area contributed by atoms with Crippen molar-refractivity contribution in [1.82, 2.24) is 10.3 Å². The molecular weight excluding hydrogens is 228 g/mol. The molecule has 0 spiro atoms. The van der Waals surface area contributed by atoms with Crippen molar-refractivity contribution >= 4 is 0 Å². The highest BCUT2D eigenvalue weighted by atomic mass is 16.6. The summed E-state index contributed by atoms with van der Waals surface area (Å²) in [6.45, 7) is 6.84. The zero-order valence-corrected chi connectivity index (χ0v) is 10.9. The van der Waals surface area contributed by atoms with E-state index in [0.717, 1.165) is 17.0 Å². The molecule has 1 heterocycles. The van der Waals surface area contributed by atoms with Crippen LogP contribution in [0.4, 0.5) is 0 Å². The molecule has 0 aliphatic rings. The lowest BCUT2D eigenvalue weighted by Gasteiger charge is -2.04. The van der Waals surface area contributed by atoms with E-state index in [4.69, 9.17) is 9.15 Å². The van der Waals surface area contributed by atoms with Gasteiger partial charge in [-0.05, 0) is 18.6 Å². The van der Waals surface area contributed by atoms with Crippen LogP contribution in [-0.2, 0) is 6.54 Å². The van der Waals surface area contributed by atoms with Gasteiger partial charge in [-0.1, -0.05) is 32.0 Å². The third kappa shape index (κ3) is 3.34. The number of nitrogens with zero attached hydrogens (tertiary/aromatic N) is 1. The zero-order valence-electron chi connectivity index (χ0n) is 10.9. The Hall–Kier alpha value is -1.81. The van der Waals surface area contributed by atoms with E-state index >= 15 is 0 Å². The van der Waals surface area contributed by atoms with Gasteiger partial charge in [0.05, 0.1) is 5.69 Å². The van der Waals surface area contributed by atoms with Gasteiger partial charge in [-0.3, -0.25) is 0 Å². The van der Waals surface area contributed by atoms with Crippen molar-refractivity contribution in [3.63, 3.8) is 0 Å². The Labute approximate surface area is 107 Å². The first kappa shape index (κ1) is 12.6. The van der Waals surface area contributed by atoms with Crippen molar-refractivity contribution in [3.05, 3.63) is 41.8 Å². The second kappa shape index (κ2) is 5.69. The van der Waals surface area contributed by atoms with Crippen molar-refractivity contribution in [2.75, 3.05) is 0 Å². The molecule has 18 heavy (non-hydrogen) atoms. The second-order valence-corrected chi connectivity index (χ2v) is 4.51. The van der Waals surface area contributed by atoms with E-state index in [1.165, 1.54) is 0 Å². The molecule has 0 amide bonds. The lowest BCUT2D eigenvalue weighted by Crippen LogP contribution is -2.21. The molecule has 0 fully saturated rings. The normalized spacial score (nSPS) is 10.9. The first-order chi connectivity index (χ1) is 8.65. The molecule has 0 bridgehead atoms. The molecule has 1 aromatic heterocycles. The molecule has 96 valence electrons. The molecule has 4 nitrogen and oxygen atoms in total. The summed E-state index contributed by atoms with van der Waals surface area (Å²) in [7, 11) is 0. The molecule has 1 N–H and O–H groups in total. The molecule has 0 saturated carbocycles. The van der Waals surface area contributed by atoms with Crippen LogP contribution in [0, 0.1) is 6.92 Å². The van der Waals surface area contributed by atoms with Gasteiger partial charge in [0.1, 0.15) is 12.0 Å². The summed E-state index contributed by atoms with van der Waals surface area (Å²) >= 11 is 0. The molecule has 0 unspecified atom stereocenters. The van der Waals surface area contributed by atoms with Crippen LogP contribution in [-0.4, -0.2) is 11.0 Å². The van der Waals surface area contributed by atoms with Gasteiger partial charge >= 0.3 is 6.08 Å². The van der Waals surface area contributed by atoms with E-state index in [-0.39, 0.29) is 6.08 Å². The van der Waals surface area contributed by atoms with Crippen LogP contribution in [0.1, 0.15) is 25.1 Å². The summed E-state index contributed by atoms with van der Waals surface area (Å²) < 4.78 is 10.9. The van der Waals surface area contributed by atoms with E-state index in [2.05, 4.69) is 24.1 Å². The van der Waals surface area contributed by atoms with E-state index < -0.39 is 0 Å². The fraction of sp³-hybridized carbons (Fsp3) is 0.357. The van der Waals surface area contributed by atoms with Crippen LogP contribution in [0.5, 0.6) is 11.8 Å². The summed E-state index contributed by atoms with van der Waals surface area (Å²) in [4.78, 5) is 4.27. The lowest BCUT2D eigenvalue weighted by atomic mass is 10.2. The molecule has 2 rings (SSSR count). The minimum atomic E-state index is 0.282. The van der Waals surface area contributed by atoms with Gasteiger partial charge < -0.3 is 14.5 Å². The van der Waals surface area contributed by atoms with Gasteiger partial charge in [0.2, 0.25) is 0 Å². The number of benzene rings is 1. The van der Waals surface area contributed by atoms with Gasteiger partial charge in [-0.15, -0.1) is 0 Å². The van der Waals surface area contributed by atoms with Gasteiger partial charge in [0.15, 0.2) is 0 Å². The number of oxazole rings is 1. The van der Waals surface area contributed by atoms with Crippen molar-refractivity contribution < 1.29 is 9.15 Å². The van der Waals surface area contributed by atoms with Crippen molar-refractivity contribution in [2.24, 2.45) is 0 Å². The average molecular weight is 246 g/mol. The number of aryl methyl sites for hydroxylation is 1. The minimum Gasteiger partial charge on any atom is -0.417 e. The average Bonchev–Trinajstić information content (AvgIpc) is 2.77. The van der Waals surface area contributed by atoms with E-state index in [9.17, 15) is 0 Å². The number of nitrogens with one attached hydrogen (secondary N) is 1. The minimum absolute atomic E-state index is 0.282. The van der Waals surface area contributed by atoms with Gasteiger partial charge in [0.25, 0.3) is 0 Å². The predicted octanol–water partition coefficient (Wildman–Crippen LogP) is 3.27. The molecule has 0 atom stereocenters. The Morgan fingerprint density at radius 1 is 1.33 bits per heavy atom. The van der Waals surface area contributed by atoms with Crippen LogP contribution < -0.4 is 10.1 Å². The summed E-state index contributed by atoms with van der Waals surface area (Å²) in [5.74, 6) is 0.766. The third-order valence-electron chi connectivity index (χ3n) is 2.51. The Balaban J connectivity index is 2.00. The van der Waals surface area contributed by atoms with Crippen LogP contribution in [0.15, 0.2) is 34.9 Å². The standard InChI is InChI=1S/C14H18N2O2/c1-10(2)15-8-12-9-17-14(16-12)18-13-7-5-4-6-11(13)3/h4-7,9-10,15H,8H2,1-3H3. The number of hydrogen-bond acceptors (Lipinski definition) is 4. The summed E-state index contributed by atoms with van der Waals surface area (Å²) in [5.41, 5.74) is 1.89. The van der Waals surface area contributed by atoms with Crippen LogP contribution in [0.2, 0.25) is 0 Å². The summed E-state index contributed by atoms with van der Waals surface area (Å²) in [6.07, 6.45) is 1.90. The maximum Gasteiger partial charge on any atom is 0.399 e. The quantitative estimate of drug-likeness (QED) is 0.879. The van der Waals surface area contributed by atoms with E-state index in [1.807, 2.05) is 31.2 Å². The summed E-state index contributed by atoms with van der Waals surface area (Å²) in [5, 5.41) is 3.27. The SMILES string of the molecule is Cc1ccccc1Oc1nc(CNC(C)C)co1.